The predicted molar refractivity (Wildman–Crippen MR) is 84.7 cm³/mol. The van der Waals surface area contributed by atoms with Crippen LogP contribution >= 0.6 is 11.6 Å². The van der Waals surface area contributed by atoms with Gasteiger partial charge in [0.25, 0.3) is 10.0 Å². The van der Waals surface area contributed by atoms with Gasteiger partial charge in [0.05, 0.1) is 10.6 Å². The molecule has 0 fully saturated rings. The van der Waals surface area contributed by atoms with Crippen LogP contribution in [0.15, 0.2) is 59.5 Å². The first-order valence-corrected chi connectivity index (χ1v) is 8.23. The summed E-state index contributed by atoms with van der Waals surface area (Å²) in [5.74, 6) is -1.25. The number of sulfonamides is 1. The van der Waals surface area contributed by atoms with E-state index < -0.39 is 22.0 Å². The predicted octanol–water partition coefficient (Wildman–Crippen LogP) is 3.01. The van der Waals surface area contributed by atoms with E-state index in [1.165, 1.54) is 31.2 Å². The molecule has 0 radical (unpaired) electrons. The second kappa shape index (κ2) is 6.37. The van der Waals surface area contributed by atoms with Gasteiger partial charge in [-0.3, -0.25) is 4.31 Å². The lowest BCUT2D eigenvalue weighted by atomic mass is 10.2. The lowest BCUT2D eigenvalue weighted by Gasteiger charge is -2.28. The molecule has 2 rings (SSSR count). The van der Waals surface area contributed by atoms with E-state index >= 15 is 0 Å². The molecule has 2 aromatic carbocycles. The first-order valence-electron chi connectivity index (χ1n) is 6.42. The molecule has 5 nitrogen and oxygen atoms in total. The van der Waals surface area contributed by atoms with Gasteiger partial charge >= 0.3 is 5.97 Å². The Kier molecular flexibility index (Phi) is 4.73. The van der Waals surface area contributed by atoms with E-state index in [-0.39, 0.29) is 10.6 Å². The average molecular weight is 340 g/mol. The van der Waals surface area contributed by atoms with Crippen LogP contribution in [0.5, 0.6) is 0 Å². The maximum absolute atomic E-state index is 12.8. The molecule has 1 unspecified atom stereocenters. The van der Waals surface area contributed by atoms with Crippen LogP contribution in [0.1, 0.15) is 6.92 Å². The molecule has 0 heterocycles. The summed E-state index contributed by atoms with van der Waals surface area (Å²) in [5, 5.41) is 9.58. The van der Waals surface area contributed by atoms with Gasteiger partial charge in [-0.25, -0.2) is 13.2 Å². The first-order chi connectivity index (χ1) is 10.3. The summed E-state index contributed by atoms with van der Waals surface area (Å²) < 4.78 is 26.5. The number of anilines is 1. The number of carbonyl (C=O) groups is 1. The molecule has 116 valence electrons. The number of hydrogen-bond acceptors (Lipinski definition) is 3. The SMILES string of the molecule is CC(C(=O)O)N(c1cccc(Cl)c1)S(=O)(=O)c1ccccc1. The third kappa shape index (κ3) is 3.23. The van der Waals surface area contributed by atoms with Gasteiger partial charge in [0.1, 0.15) is 6.04 Å². The van der Waals surface area contributed by atoms with Crippen LogP contribution in [-0.2, 0) is 14.8 Å². The minimum Gasteiger partial charge on any atom is -0.480 e. The number of rotatable bonds is 5. The van der Waals surface area contributed by atoms with Crippen LogP contribution < -0.4 is 4.31 Å². The van der Waals surface area contributed by atoms with E-state index in [0.29, 0.717) is 5.02 Å². The fraction of sp³-hybridized carbons (Fsp3) is 0.133. The lowest BCUT2D eigenvalue weighted by Crippen LogP contribution is -2.43. The Morgan fingerprint density at radius 3 is 2.32 bits per heavy atom. The van der Waals surface area contributed by atoms with Crippen LogP contribution in [0.3, 0.4) is 0 Å². The van der Waals surface area contributed by atoms with E-state index in [9.17, 15) is 18.3 Å². The second-order valence-corrected chi connectivity index (χ2v) is 6.86. The number of nitrogens with zero attached hydrogens (tertiary/aromatic N) is 1. The summed E-state index contributed by atoms with van der Waals surface area (Å²) in [7, 11) is -4.02. The summed E-state index contributed by atoms with van der Waals surface area (Å²) >= 11 is 5.90. The van der Waals surface area contributed by atoms with Crippen molar-refractivity contribution in [2.75, 3.05) is 4.31 Å². The minimum atomic E-state index is -4.02. The van der Waals surface area contributed by atoms with E-state index in [1.807, 2.05) is 0 Å². The molecule has 1 N–H and O–H groups in total. The number of benzene rings is 2. The van der Waals surface area contributed by atoms with Crippen molar-refractivity contribution >= 4 is 33.3 Å². The fourth-order valence-electron chi connectivity index (χ4n) is 1.99. The summed E-state index contributed by atoms with van der Waals surface area (Å²) in [6.07, 6.45) is 0. The molecule has 0 aliphatic heterocycles. The Bertz CT molecular complexity index is 777. The molecule has 0 aliphatic carbocycles. The fourth-order valence-corrected chi connectivity index (χ4v) is 3.80. The summed E-state index contributed by atoms with van der Waals surface area (Å²) in [4.78, 5) is 11.4. The minimum absolute atomic E-state index is 0.0167. The largest absolute Gasteiger partial charge is 0.480 e. The Hall–Kier alpha value is -2.05. The third-order valence-electron chi connectivity index (χ3n) is 3.07. The van der Waals surface area contributed by atoms with Crippen LogP contribution in [0.4, 0.5) is 5.69 Å². The highest BCUT2D eigenvalue weighted by molar-refractivity contribution is 7.92. The molecule has 0 bridgehead atoms. The van der Waals surface area contributed by atoms with Gasteiger partial charge in [-0.2, -0.15) is 0 Å². The quantitative estimate of drug-likeness (QED) is 0.908. The van der Waals surface area contributed by atoms with Gasteiger partial charge in [-0.15, -0.1) is 0 Å². The summed E-state index contributed by atoms with van der Waals surface area (Å²) in [5.41, 5.74) is 0.200. The second-order valence-electron chi connectivity index (χ2n) is 4.61. The number of carboxylic acids is 1. The molecule has 1 atom stereocenters. The smallest absolute Gasteiger partial charge is 0.327 e. The molecule has 22 heavy (non-hydrogen) atoms. The van der Waals surface area contributed by atoms with Gasteiger partial charge in [0.15, 0.2) is 0 Å². The zero-order valence-electron chi connectivity index (χ0n) is 11.7. The molecule has 0 saturated carbocycles. The van der Waals surface area contributed by atoms with Gasteiger partial charge < -0.3 is 5.11 Å². The summed E-state index contributed by atoms with van der Waals surface area (Å²) in [6, 6.07) is 12.5. The topological polar surface area (TPSA) is 74.7 Å². The van der Waals surface area contributed by atoms with Crippen molar-refractivity contribution < 1.29 is 18.3 Å². The van der Waals surface area contributed by atoms with Gasteiger partial charge in [-0.05, 0) is 37.3 Å². The average Bonchev–Trinajstić information content (AvgIpc) is 2.48. The monoisotopic (exact) mass is 339 g/mol. The highest BCUT2D eigenvalue weighted by atomic mass is 35.5. The van der Waals surface area contributed by atoms with E-state index in [1.54, 1.807) is 30.3 Å². The number of hydrogen-bond donors (Lipinski definition) is 1. The van der Waals surface area contributed by atoms with Crippen molar-refractivity contribution in [2.24, 2.45) is 0 Å². The van der Waals surface area contributed by atoms with E-state index in [0.717, 1.165) is 4.31 Å². The molecular formula is C15H14ClNO4S. The molecular weight excluding hydrogens is 326 g/mol. The first kappa shape index (κ1) is 16.3. The van der Waals surface area contributed by atoms with Crippen LogP contribution in [0.25, 0.3) is 0 Å². The molecule has 0 amide bonds. The number of halogens is 1. The zero-order valence-corrected chi connectivity index (χ0v) is 13.3. The molecule has 0 aromatic heterocycles. The molecule has 7 heteroatoms. The van der Waals surface area contributed by atoms with Crippen molar-refractivity contribution in [2.45, 2.75) is 17.9 Å². The Balaban J connectivity index is 2.62. The van der Waals surface area contributed by atoms with Crippen molar-refractivity contribution in [3.63, 3.8) is 0 Å². The molecule has 0 spiro atoms. The molecule has 0 saturated heterocycles. The van der Waals surface area contributed by atoms with Gasteiger partial charge in [-0.1, -0.05) is 35.9 Å². The highest BCUT2D eigenvalue weighted by Gasteiger charge is 2.33. The number of aliphatic carboxylic acids is 1. The molecule has 0 aliphatic rings. The maximum Gasteiger partial charge on any atom is 0.327 e. The Morgan fingerprint density at radius 1 is 1.14 bits per heavy atom. The zero-order chi connectivity index (χ0) is 16.3. The number of carboxylic acid groups (broad SMARTS) is 1. The van der Waals surface area contributed by atoms with Crippen LogP contribution in [-0.4, -0.2) is 25.5 Å². The Labute approximate surface area is 133 Å². The van der Waals surface area contributed by atoms with Gasteiger partial charge in [0, 0.05) is 5.02 Å². The van der Waals surface area contributed by atoms with E-state index in [2.05, 4.69) is 0 Å². The molecule has 2 aromatic rings. The van der Waals surface area contributed by atoms with Crippen LogP contribution in [0, 0.1) is 0 Å². The summed E-state index contributed by atoms with van der Waals surface area (Å²) in [6.45, 7) is 1.31. The van der Waals surface area contributed by atoms with Crippen molar-refractivity contribution in [1.29, 1.82) is 0 Å². The van der Waals surface area contributed by atoms with Crippen molar-refractivity contribution in [3.05, 3.63) is 59.6 Å². The third-order valence-corrected chi connectivity index (χ3v) is 5.22. The normalized spacial score (nSPS) is 12.6. The Morgan fingerprint density at radius 2 is 1.77 bits per heavy atom. The van der Waals surface area contributed by atoms with Crippen molar-refractivity contribution in [3.8, 4) is 0 Å². The standard InChI is InChI=1S/C15H14ClNO4S/c1-11(15(18)19)17(13-7-5-6-12(16)10-13)22(20,21)14-8-3-2-4-9-14/h2-11H,1H3,(H,18,19). The van der Waals surface area contributed by atoms with Crippen LogP contribution in [0.2, 0.25) is 5.02 Å². The van der Waals surface area contributed by atoms with Crippen molar-refractivity contribution in [1.82, 2.24) is 0 Å². The lowest BCUT2D eigenvalue weighted by molar-refractivity contribution is -0.137. The van der Waals surface area contributed by atoms with E-state index in [4.69, 9.17) is 11.6 Å². The highest BCUT2D eigenvalue weighted by Crippen LogP contribution is 2.28. The maximum atomic E-state index is 12.8. The van der Waals surface area contributed by atoms with Gasteiger partial charge in [0.2, 0.25) is 0 Å².